The molecule has 0 unspecified atom stereocenters. The summed E-state index contributed by atoms with van der Waals surface area (Å²) in [4.78, 5) is 22.7. The van der Waals surface area contributed by atoms with Gasteiger partial charge in [0.2, 0.25) is 0 Å². The number of carboxylic acid groups (broad SMARTS) is 1. The fourth-order valence-corrected chi connectivity index (χ4v) is 1.56. The Balaban J connectivity index is 2.85. The summed E-state index contributed by atoms with van der Waals surface area (Å²) in [5.41, 5.74) is 0.0733. The van der Waals surface area contributed by atoms with Crippen LogP contribution in [0.25, 0.3) is 0 Å². The summed E-state index contributed by atoms with van der Waals surface area (Å²) in [6.45, 7) is 3.79. The maximum atomic E-state index is 11.8. The molecule has 1 rings (SSSR count). The van der Waals surface area contributed by atoms with Crippen LogP contribution in [0.4, 0.5) is 0 Å². The molecule has 0 spiro atoms. The Morgan fingerprint density at radius 1 is 1.29 bits per heavy atom. The summed E-state index contributed by atoms with van der Waals surface area (Å²) >= 11 is 0. The topological polar surface area (TPSA) is 63.6 Å². The number of hydrogen-bond donors (Lipinski definition) is 1. The highest BCUT2D eigenvalue weighted by Crippen LogP contribution is 2.12. The van der Waals surface area contributed by atoms with Crippen molar-refractivity contribution in [1.29, 1.82) is 0 Å². The molecule has 1 N–H and O–H groups in total. The van der Waals surface area contributed by atoms with E-state index in [4.69, 9.17) is 9.84 Å². The van der Waals surface area contributed by atoms with Gasteiger partial charge in [-0.15, -0.1) is 0 Å². The van der Waals surface area contributed by atoms with Gasteiger partial charge in [0.05, 0.1) is 17.2 Å². The van der Waals surface area contributed by atoms with Gasteiger partial charge >= 0.3 is 11.9 Å². The van der Waals surface area contributed by atoms with Crippen molar-refractivity contribution in [3.63, 3.8) is 0 Å². The first-order valence-electron chi connectivity index (χ1n) is 5.59. The van der Waals surface area contributed by atoms with E-state index in [0.29, 0.717) is 0 Å². The number of carboxylic acids is 1. The Morgan fingerprint density at radius 3 is 2.41 bits per heavy atom. The predicted molar refractivity (Wildman–Crippen MR) is 63.2 cm³/mol. The number of carbonyl (C=O) groups is 2. The SMILES string of the molecule is CCC[C@H](C)OC(=O)c1ccccc1C(=O)O. The molecule has 1 aromatic rings. The lowest BCUT2D eigenvalue weighted by Gasteiger charge is -2.13. The van der Waals surface area contributed by atoms with Crippen LogP contribution in [0.15, 0.2) is 24.3 Å². The molecule has 0 aromatic heterocycles. The van der Waals surface area contributed by atoms with E-state index < -0.39 is 11.9 Å². The predicted octanol–water partition coefficient (Wildman–Crippen LogP) is 2.73. The third-order valence-corrected chi connectivity index (χ3v) is 2.38. The van der Waals surface area contributed by atoms with Crippen molar-refractivity contribution in [2.75, 3.05) is 0 Å². The molecular weight excluding hydrogens is 220 g/mol. The van der Waals surface area contributed by atoms with E-state index in [0.717, 1.165) is 12.8 Å². The Bertz CT molecular complexity index is 412. The van der Waals surface area contributed by atoms with Crippen molar-refractivity contribution in [2.45, 2.75) is 32.8 Å². The van der Waals surface area contributed by atoms with Crippen LogP contribution in [0.3, 0.4) is 0 Å². The molecule has 0 bridgehead atoms. The van der Waals surface area contributed by atoms with Crippen molar-refractivity contribution in [3.8, 4) is 0 Å². The van der Waals surface area contributed by atoms with Gasteiger partial charge in [-0.3, -0.25) is 0 Å². The molecule has 4 heteroatoms. The van der Waals surface area contributed by atoms with E-state index in [1.807, 2.05) is 6.92 Å². The van der Waals surface area contributed by atoms with Crippen LogP contribution >= 0.6 is 0 Å². The molecule has 0 saturated heterocycles. The molecule has 0 aliphatic carbocycles. The lowest BCUT2D eigenvalue weighted by molar-refractivity contribution is 0.0317. The summed E-state index contributed by atoms with van der Waals surface area (Å²) in [7, 11) is 0. The van der Waals surface area contributed by atoms with Crippen molar-refractivity contribution in [2.24, 2.45) is 0 Å². The van der Waals surface area contributed by atoms with Crippen molar-refractivity contribution in [3.05, 3.63) is 35.4 Å². The van der Waals surface area contributed by atoms with Gasteiger partial charge in [-0.05, 0) is 25.5 Å². The molecule has 17 heavy (non-hydrogen) atoms. The Labute approximate surface area is 100 Å². The van der Waals surface area contributed by atoms with Gasteiger partial charge < -0.3 is 9.84 Å². The molecule has 0 fully saturated rings. The molecule has 92 valence electrons. The number of rotatable bonds is 5. The number of carbonyl (C=O) groups excluding carboxylic acids is 1. The van der Waals surface area contributed by atoms with Gasteiger partial charge in [0.25, 0.3) is 0 Å². The molecule has 0 heterocycles. The average molecular weight is 236 g/mol. The highest BCUT2D eigenvalue weighted by atomic mass is 16.5. The molecule has 0 aliphatic rings. The van der Waals surface area contributed by atoms with Gasteiger partial charge in [0.15, 0.2) is 0 Å². The molecular formula is C13H16O4. The first-order chi connectivity index (χ1) is 8.06. The van der Waals surface area contributed by atoms with Crippen LogP contribution in [0.5, 0.6) is 0 Å². The Kier molecular flexibility index (Phi) is 4.69. The van der Waals surface area contributed by atoms with Crippen LogP contribution < -0.4 is 0 Å². The third-order valence-electron chi connectivity index (χ3n) is 2.38. The van der Waals surface area contributed by atoms with Crippen LogP contribution in [0.1, 0.15) is 47.4 Å². The standard InChI is InChI=1S/C13H16O4/c1-3-6-9(2)17-13(16)11-8-5-4-7-10(11)12(14)15/h4-5,7-9H,3,6H2,1-2H3,(H,14,15)/t9-/m0/s1. The zero-order valence-electron chi connectivity index (χ0n) is 9.97. The third kappa shape index (κ3) is 3.59. The van der Waals surface area contributed by atoms with Gasteiger partial charge in [0.1, 0.15) is 0 Å². The lowest BCUT2D eigenvalue weighted by atomic mass is 10.1. The van der Waals surface area contributed by atoms with Gasteiger partial charge in [-0.1, -0.05) is 25.5 Å². The lowest BCUT2D eigenvalue weighted by Crippen LogP contribution is -2.17. The second kappa shape index (κ2) is 6.03. The highest BCUT2D eigenvalue weighted by molar-refractivity contribution is 6.02. The molecule has 1 aromatic carbocycles. The normalized spacial score (nSPS) is 11.9. The number of ether oxygens (including phenoxy) is 1. The fourth-order valence-electron chi connectivity index (χ4n) is 1.56. The second-order valence-electron chi connectivity index (χ2n) is 3.86. The van der Waals surface area contributed by atoms with Crippen LogP contribution in [-0.4, -0.2) is 23.1 Å². The zero-order chi connectivity index (χ0) is 12.8. The van der Waals surface area contributed by atoms with Crippen LogP contribution in [0.2, 0.25) is 0 Å². The molecule has 0 amide bonds. The summed E-state index contributed by atoms with van der Waals surface area (Å²) in [6, 6.07) is 6.05. The van der Waals surface area contributed by atoms with Crippen LogP contribution in [0, 0.1) is 0 Å². The maximum Gasteiger partial charge on any atom is 0.339 e. The summed E-state index contributed by atoms with van der Waals surface area (Å²) in [5, 5.41) is 8.94. The average Bonchev–Trinajstić information content (AvgIpc) is 2.29. The molecule has 0 radical (unpaired) electrons. The molecule has 1 atom stereocenters. The van der Waals surface area contributed by atoms with E-state index in [1.54, 1.807) is 19.1 Å². The Morgan fingerprint density at radius 2 is 1.88 bits per heavy atom. The largest absolute Gasteiger partial charge is 0.478 e. The fraction of sp³-hybridized carbons (Fsp3) is 0.385. The zero-order valence-corrected chi connectivity index (χ0v) is 9.97. The Hall–Kier alpha value is -1.84. The molecule has 4 nitrogen and oxygen atoms in total. The highest BCUT2D eigenvalue weighted by Gasteiger charge is 2.18. The first-order valence-corrected chi connectivity index (χ1v) is 5.59. The minimum Gasteiger partial charge on any atom is -0.478 e. The van der Waals surface area contributed by atoms with Crippen molar-refractivity contribution in [1.82, 2.24) is 0 Å². The van der Waals surface area contributed by atoms with Crippen molar-refractivity contribution < 1.29 is 19.4 Å². The van der Waals surface area contributed by atoms with E-state index in [9.17, 15) is 9.59 Å². The quantitative estimate of drug-likeness (QED) is 0.798. The first kappa shape index (κ1) is 13.2. The minimum atomic E-state index is -1.12. The monoisotopic (exact) mass is 236 g/mol. The maximum absolute atomic E-state index is 11.8. The minimum absolute atomic E-state index is 0.0267. The summed E-state index contributed by atoms with van der Waals surface area (Å²) in [6.07, 6.45) is 1.48. The van der Waals surface area contributed by atoms with Gasteiger partial charge in [-0.25, -0.2) is 9.59 Å². The number of benzene rings is 1. The number of esters is 1. The van der Waals surface area contributed by atoms with Gasteiger partial charge in [-0.2, -0.15) is 0 Å². The summed E-state index contributed by atoms with van der Waals surface area (Å²) in [5.74, 6) is -1.70. The van der Waals surface area contributed by atoms with E-state index in [2.05, 4.69) is 0 Å². The van der Waals surface area contributed by atoms with E-state index in [1.165, 1.54) is 12.1 Å². The van der Waals surface area contributed by atoms with Gasteiger partial charge in [0, 0.05) is 0 Å². The number of aromatic carboxylic acids is 1. The van der Waals surface area contributed by atoms with E-state index >= 15 is 0 Å². The van der Waals surface area contributed by atoms with Crippen LogP contribution in [-0.2, 0) is 4.74 Å². The van der Waals surface area contributed by atoms with Crippen molar-refractivity contribution >= 4 is 11.9 Å². The number of hydrogen-bond acceptors (Lipinski definition) is 3. The summed E-state index contributed by atoms with van der Waals surface area (Å²) < 4.78 is 5.17. The molecule has 0 aliphatic heterocycles. The smallest absolute Gasteiger partial charge is 0.339 e. The molecule has 0 saturated carbocycles. The van der Waals surface area contributed by atoms with E-state index in [-0.39, 0.29) is 17.2 Å². The second-order valence-corrected chi connectivity index (χ2v) is 3.86.